The molecule has 6 heteroatoms. The first-order valence-corrected chi connectivity index (χ1v) is 12.7. The van der Waals surface area contributed by atoms with Crippen LogP contribution in [0.3, 0.4) is 0 Å². The first kappa shape index (κ1) is 25.4. The van der Waals surface area contributed by atoms with Gasteiger partial charge in [-0.1, -0.05) is 75.8 Å². The molecule has 1 spiro atoms. The number of aliphatic hydroxyl groups is 2. The van der Waals surface area contributed by atoms with Crippen molar-refractivity contribution in [3.8, 4) is 0 Å². The standard InChI is InChI=1S/C29H37NO5/c1-18-9-7-13-22(31)15-16-25(32)35-29-23(14-8-10-18)27(33)20(3)19(2)26(29)24(30-28(29)34)17-21-11-5-4-6-12-21/h4-6,8,11-12,14-16,18-19,22-24,26-27,31,33H,3,7,9-10,13,17H2,1-2H3,(H,30,34)/b14-8+,16-15-/t18-,19-,22+,23-,24-,26+,27-,29+/m0/s1. The number of benzene rings is 1. The molecule has 6 nitrogen and oxygen atoms in total. The Morgan fingerprint density at radius 1 is 1.11 bits per heavy atom. The summed E-state index contributed by atoms with van der Waals surface area (Å²) in [4.78, 5) is 26.8. The van der Waals surface area contributed by atoms with Crippen LogP contribution in [0.15, 0.2) is 66.8 Å². The second kappa shape index (κ2) is 10.5. The number of carbonyl (C=O) groups excluding carboxylic acids is 2. The summed E-state index contributed by atoms with van der Waals surface area (Å²) >= 11 is 0. The summed E-state index contributed by atoms with van der Waals surface area (Å²) in [5, 5.41) is 24.7. The molecule has 188 valence electrons. The second-order valence-electron chi connectivity index (χ2n) is 10.5. The molecule has 0 radical (unpaired) electrons. The van der Waals surface area contributed by atoms with Gasteiger partial charge in [-0.25, -0.2) is 4.79 Å². The van der Waals surface area contributed by atoms with Crippen LogP contribution in [0, 0.1) is 23.7 Å². The largest absolute Gasteiger partial charge is 0.445 e. The maximum absolute atomic E-state index is 13.7. The summed E-state index contributed by atoms with van der Waals surface area (Å²) in [5.41, 5.74) is 0.136. The Bertz CT molecular complexity index is 1000. The van der Waals surface area contributed by atoms with Gasteiger partial charge in [-0.15, -0.1) is 0 Å². The summed E-state index contributed by atoms with van der Waals surface area (Å²) in [6.45, 7) is 8.27. The monoisotopic (exact) mass is 479 g/mol. The zero-order valence-electron chi connectivity index (χ0n) is 20.6. The van der Waals surface area contributed by atoms with Crippen molar-refractivity contribution in [1.29, 1.82) is 0 Å². The third kappa shape index (κ3) is 5.00. The first-order valence-electron chi connectivity index (χ1n) is 12.7. The third-order valence-electron chi connectivity index (χ3n) is 8.04. The minimum Gasteiger partial charge on any atom is -0.445 e. The number of esters is 1. The number of rotatable bonds is 2. The molecule has 1 saturated carbocycles. The molecule has 1 aromatic rings. The molecule has 1 aliphatic carbocycles. The van der Waals surface area contributed by atoms with Crippen molar-refractivity contribution < 1.29 is 24.5 Å². The lowest BCUT2D eigenvalue weighted by Gasteiger charge is -2.49. The molecule has 2 heterocycles. The predicted molar refractivity (Wildman–Crippen MR) is 134 cm³/mol. The van der Waals surface area contributed by atoms with Crippen molar-refractivity contribution in [2.75, 3.05) is 0 Å². The molecule has 2 aliphatic heterocycles. The van der Waals surface area contributed by atoms with E-state index in [1.54, 1.807) is 0 Å². The summed E-state index contributed by atoms with van der Waals surface area (Å²) in [6, 6.07) is 9.59. The first-order chi connectivity index (χ1) is 16.7. The van der Waals surface area contributed by atoms with Gasteiger partial charge < -0.3 is 20.3 Å². The van der Waals surface area contributed by atoms with E-state index in [0.717, 1.165) is 24.8 Å². The molecule has 35 heavy (non-hydrogen) atoms. The molecule has 2 fully saturated rings. The van der Waals surface area contributed by atoms with E-state index in [9.17, 15) is 19.8 Å². The zero-order chi connectivity index (χ0) is 25.2. The fraction of sp³-hybridized carbons (Fsp3) is 0.517. The van der Waals surface area contributed by atoms with E-state index in [2.05, 4.69) is 18.8 Å². The van der Waals surface area contributed by atoms with E-state index in [1.165, 1.54) is 12.2 Å². The highest BCUT2D eigenvalue weighted by Gasteiger charge is 2.67. The molecule has 1 amide bonds. The van der Waals surface area contributed by atoms with Gasteiger partial charge in [0.15, 0.2) is 0 Å². The Morgan fingerprint density at radius 3 is 2.60 bits per heavy atom. The fourth-order valence-corrected chi connectivity index (χ4v) is 6.09. The van der Waals surface area contributed by atoms with Gasteiger partial charge in [-0.3, -0.25) is 4.79 Å². The number of hydrogen-bond donors (Lipinski definition) is 3. The van der Waals surface area contributed by atoms with Gasteiger partial charge in [-0.2, -0.15) is 0 Å². The van der Waals surface area contributed by atoms with Crippen LogP contribution in [0.4, 0.5) is 0 Å². The summed E-state index contributed by atoms with van der Waals surface area (Å²) in [5.74, 6) is -2.13. The average Bonchev–Trinajstić information content (AvgIpc) is 3.09. The number of aliphatic hydroxyl groups excluding tert-OH is 2. The highest BCUT2D eigenvalue weighted by molar-refractivity contribution is 5.94. The van der Waals surface area contributed by atoms with Crippen LogP contribution in [0.5, 0.6) is 0 Å². The Kier molecular flexibility index (Phi) is 7.62. The maximum Gasteiger partial charge on any atom is 0.331 e. The van der Waals surface area contributed by atoms with E-state index in [4.69, 9.17) is 4.74 Å². The van der Waals surface area contributed by atoms with Gasteiger partial charge in [-0.05, 0) is 48.3 Å². The number of ether oxygens (including phenoxy) is 1. The van der Waals surface area contributed by atoms with Crippen molar-refractivity contribution >= 4 is 11.9 Å². The second-order valence-corrected chi connectivity index (χ2v) is 10.5. The van der Waals surface area contributed by atoms with Gasteiger partial charge in [0.25, 0.3) is 5.91 Å². The maximum atomic E-state index is 13.7. The van der Waals surface area contributed by atoms with E-state index >= 15 is 0 Å². The lowest BCUT2D eigenvalue weighted by Crippen LogP contribution is -2.61. The van der Waals surface area contributed by atoms with Gasteiger partial charge in [0, 0.05) is 18.0 Å². The molecule has 3 aliphatic rings. The van der Waals surface area contributed by atoms with Crippen LogP contribution >= 0.6 is 0 Å². The van der Waals surface area contributed by atoms with Gasteiger partial charge in [0.1, 0.15) is 0 Å². The molecule has 4 rings (SSSR count). The quantitative estimate of drug-likeness (QED) is 0.446. The molecular formula is C29H37NO5. The lowest BCUT2D eigenvalue weighted by molar-refractivity contribution is -0.182. The van der Waals surface area contributed by atoms with Gasteiger partial charge >= 0.3 is 5.97 Å². The Hall–Kier alpha value is -2.70. The van der Waals surface area contributed by atoms with Crippen molar-refractivity contribution in [3.63, 3.8) is 0 Å². The Balaban J connectivity index is 1.78. The normalized spacial score (nSPS) is 40.0. The predicted octanol–water partition coefficient (Wildman–Crippen LogP) is 3.49. The van der Waals surface area contributed by atoms with Crippen LogP contribution in [0.25, 0.3) is 0 Å². The third-order valence-corrected chi connectivity index (χ3v) is 8.04. The summed E-state index contributed by atoms with van der Waals surface area (Å²) in [6.07, 6.45) is 8.39. The van der Waals surface area contributed by atoms with E-state index in [-0.39, 0.29) is 17.9 Å². The average molecular weight is 480 g/mol. The highest BCUT2D eigenvalue weighted by Crippen LogP contribution is 2.52. The number of nitrogens with one attached hydrogen (secondary N) is 1. The van der Waals surface area contributed by atoms with Crippen LogP contribution in [-0.2, 0) is 20.7 Å². The Morgan fingerprint density at radius 2 is 1.86 bits per heavy atom. The van der Waals surface area contributed by atoms with Crippen molar-refractivity contribution in [2.45, 2.75) is 69.8 Å². The fourth-order valence-electron chi connectivity index (χ4n) is 6.09. The SMILES string of the molecule is C=C1[C@H](C)[C@@H]2[C@H](Cc3ccccc3)NC(=O)[C@]23OC(=O)/C=C\[C@H](O)CCC[C@H](C)C/C=C/[C@H]3[C@H]1O. The van der Waals surface area contributed by atoms with E-state index < -0.39 is 35.6 Å². The lowest BCUT2D eigenvalue weighted by atomic mass is 9.59. The minimum absolute atomic E-state index is 0.262. The number of carbonyl (C=O) groups is 2. The smallest absolute Gasteiger partial charge is 0.331 e. The summed E-state index contributed by atoms with van der Waals surface area (Å²) in [7, 11) is 0. The molecule has 1 aromatic carbocycles. The number of hydrogen-bond acceptors (Lipinski definition) is 5. The van der Waals surface area contributed by atoms with Crippen molar-refractivity contribution in [1.82, 2.24) is 5.32 Å². The van der Waals surface area contributed by atoms with Crippen LogP contribution < -0.4 is 5.32 Å². The molecule has 3 N–H and O–H groups in total. The number of allylic oxidation sites excluding steroid dienone is 1. The topological polar surface area (TPSA) is 95.9 Å². The van der Waals surface area contributed by atoms with Crippen LogP contribution in [-0.4, -0.2) is 45.9 Å². The van der Waals surface area contributed by atoms with Crippen LogP contribution in [0.1, 0.15) is 45.1 Å². The Labute approximate surface area is 207 Å². The van der Waals surface area contributed by atoms with Crippen molar-refractivity contribution in [3.05, 3.63) is 72.4 Å². The zero-order valence-corrected chi connectivity index (χ0v) is 20.6. The number of amides is 1. The van der Waals surface area contributed by atoms with Gasteiger partial charge in [0.05, 0.1) is 18.1 Å². The molecule has 8 atom stereocenters. The van der Waals surface area contributed by atoms with E-state index in [0.29, 0.717) is 24.3 Å². The van der Waals surface area contributed by atoms with Crippen LogP contribution in [0.2, 0.25) is 0 Å². The highest BCUT2D eigenvalue weighted by atomic mass is 16.6. The molecular weight excluding hydrogens is 442 g/mol. The molecule has 0 bridgehead atoms. The molecule has 1 saturated heterocycles. The summed E-state index contributed by atoms with van der Waals surface area (Å²) < 4.78 is 6.05. The van der Waals surface area contributed by atoms with Crippen molar-refractivity contribution in [2.24, 2.45) is 23.7 Å². The van der Waals surface area contributed by atoms with E-state index in [1.807, 2.05) is 49.4 Å². The minimum atomic E-state index is -1.57. The van der Waals surface area contributed by atoms with Gasteiger partial charge in [0.2, 0.25) is 5.60 Å². The molecule has 0 unspecified atom stereocenters. The molecule has 0 aromatic heterocycles.